The van der Waals surface area contributed by atoms with Crippen molar-refractivity contribution in [2.75, 3.05) is 25.0 Å². The van der Waals surface area contributed by atoms with Crippen LogP contribution in [-0.4, -0.2) is 43.0 Å². The fraction of sp³-hybridized carbons (Fsp3) is 0.579. The quantitative estimate of drug-likeness (QED) is 0.602. The number of aliphatic carboxylic acids is 1. The third kappa shape index (κ3) is 7.45. The van der Waals surface area contributed by atoms with Crippen molar-refractivity contribution < 1.29 is 32.6 Å². The Bertz CT molecular complexity index is 734. The number of benzene rings is 1. The average Bonchev–Trinajstić information content (AvgIpc) is 3.47. The number of hydrogen-bond donors (Lipinski definition) is 4. The summed E-state index contributed by atoms with van der Waals surface area (Å²) in [7, 11) is 0. The molecule has 0 saturated heterocycles. The molecule has 0 spiro atoms. The Morgan fingerprint density at radius 2 is 1.93 bits per heavy atom. The van der Waals surface area contributed by atoms with E-state index in [2.05, 4.69) is 29.8 Å². The molecule has 0 atom stereocenters. The summed E-state index contributed by atoms with van der Waals surface area (Å²) in [5.74, 6) is -1.11. The monoisotopic (exact) mass is 417 g/mol. The molecule has 1 aromatic rings. The van der Waals surface area contributed by atoms with Crippen LogP contribution < -0.4 is 20.7 Å². The number of halogens is 3. The summed E-state index contributed by atoms with van der Waals surface area (Å²) < 4.78 is 37.4. The van der Waals surface area contributed by atoms with Gasteiger partial charge in [-0.15, -0.1) is 0 Å². The molecular formula is C19H26F3N3O4. The third-order valence-electron chi connectivity index (χ3n) is 4.80. The van der Waals surface area contributed by atoms with Crippen molar-refractivity contribution in [3.05, 3.63) is 23.8 Å². The number of hydrogen-bond acceptors (Lipinski definition) is 4. The van der Waals surface area contributed by atoms with E-state index in [1.165, 1.54) is 12.8 Å². The molecule has 2 amide bonds. The van der Waals surface area contributed by atoms with Gasteiger partial charge >= 0.3 is 18.2 Å². The molecule has 0 aromatic heterocycles. The number of carboxylic acids is 1. The Morgan fingerprint density at radius 1 is 1.28 bits per heavy atom. The summed E-state index contributed by atoms with van der Waals surface area (Å²) in [6.45, 7) is 7.43. The predicted molar refractivity (Wildman–Crippen MR) is 101 cm³/mol. The second kappa shape index (κ2) is 9.34. The fourth-order valence-corrected chi connectivity index (χ4v) is 2.88. The maximum atomic E-state index is 12.1. The highest BCUT2D eigenvalue weighted by Crippen LogP contribution is 2.44. The number of carbonyl (C=O) groups excluding carboxylic acids is 1. The number of urea groups is 1. The Balaban J connectivity index is 0.000000370. The minimum Gasteiger partial charge on any atom is -0.492 e. The number of alkyl halides is 3. The van der Waals surface area contributed by atoms with Crippen LogP contribution in [0, 0.1) is 11.3 Å². The Hall–Kier alpha value is -2.49. The van der Waals surface area contributed by atoms with Crippen molar-refractivity contribution in [1.82, 2.24) is 10.6 Å². The minimum atomic E-state index is -5.08. The van der Waals surface area contributed by atoms with E-state index in [0.29, 0.717) is 13.2 Å². The first-order valence-electron chi connectivity index (χ1n) is 9.30. The van der Waals surface area contributed by atoms with E-state index >= 15 is 0 Å². The number of amides is 2. The summed E-state index contributed by atoms with van der Waals surface area (Å²) in [5, 5.41) is 16.3. The van der Waals surface area contributed by atoms with Crippen molar-refractivity contribution in [2.24, 2.45) is 11.3 Å². The highest BCUT2D eigenvalue weighted by molar-refractivity contribution is 5.89. The zero-order valence-corrected chi connectivity index (χ0v) is 16.4. The summed E-state index contributed by atoms with van der Waals surface area (Å²) in [5.41, 5.74) is 2.06. The molecule has 162 valence electrons. The molecule has 0 unspecified atom stereocenters. The van der Waals surface area contributed by atoms with Crippen molar-refractivity contribution in [3.8, 4) is 5.75 Å². The number of ether oxygens (including phenoxy) is 1. The molecule has 1 aliphatic carbocycles. The number of fused-ring (bicyclic) bond motifs is 1. The normalized spacial score (nSPS) is 16.3. The largest absolute Gasteiger partial charge is 0.492 e. The lowest BCUT2D eigenvalue weighted by Gasteiger charge is -2.24. The summed E-state index contributed by atoms with van der Waals surface area (Å²) >= 11 is 0. The molecule has 0 radical (unpaired) electrons. The standard InChI is InChI=1S/C17H25N3O2.C2HF3O2/c1-17(2,13-3-4-13)11-19-16(21)20-14-5-6-15-12(9-14)10-18-7-8-22-15;3-2(4,5)1(6)7/h5-6,9,13,18H,3-4,7-8,10-11H2,1-2H3,(H2,19,20,21);(H,6,7). The molecule has 2 aliphatic rings. The fourth-order valence-electron chi connectivity index (χ4n) is 2.88. The van der Waals surface area contributed by atoms with Crippen LogP contribution in [0.2, 0.25) is 0 Å². The molecule has 1 aromatic carbocycles. The number of carboxylic acid groups (broad SMARTS) is 1. The van der Waals surface area contributed by atoms with Gasteiger partial charge in [-0.1, -0.05) is 13.8 Å². The number of nitrogens with one attached hydrogen (secondary N) is 3. The first kappa shape index (κ1) is 22.8. The van der Waals surface area contributed by atoms with E-state index in [9.17, 15) is 18.0 Å². The molecule has 4 N–H and O–H groups in total. The molecule has 1 aliphatic heterocycles. The van der Waals surface area contributed by atoms with Crippen LogP contribution in [-0.2, 0) is 11.3 Å². The highest BCUT2D eigenvalue weighted by Gasteiger charge is 2.38. The van der Waals surface area contributed by atoms with E-state index in [-0.39, 0.29) is 11.4 Å². The minimum absolute atomic E-state index is 0.142. The van der Waals surface area contributed by atoms with Gasteiger partial charge in [-0.25, -0.2) is 9.59 Å². The smallest absolute Gasteiger partial charge is 0.490 e. The van der Waals surface area contributed by atoms with E-state index in [4.69, 9.17) is 14.6 Å². The van der Waals surface area contributed by atoms with Crippen LogP contribution in [0.15, 0.2) is 18.2 Å². The lowest BCUT2D eigenvalue weighted by Crippen LogP contribution is -2.37. The Morgan fingerprint density at radius 3 is 2.52 bits per heavy atom. The van der Waals surface area contributed by atoms with Crippen LogP contribution in [0.3, 0.4) is 0 Å². The van der Waals surface area contributed by atoms with Gasteiger partial charge in [0, 0.05) is 30.9 Å². The first-order chi connectivity index (χ1) is 13.5. The van der Waals surface area contributed by atoms with E-state index in [1.807, 2.05) is 18.2 Å². The van der Waals surface area contributed by atoms with Crippen LogP contribution in [0.4, 0.5) is 23.7 Å². The van der Waals surface area contributed by atoms with Gasteiger partial charge in [0.15, 0.2) is 0 Å². The second-order valence-corrected chi connectivity index (χ2v) is 7.72. The third-order valence-corrected chi connectivity index (χ3v) is 4.80. The average molecular weight is 417 g/mol. The summed E-state index contributed by atoms with van der Waals surface area (Å²) in [4.78, 5) is 21.0. The van der Waals surface area contributed by atoms with Gasteiger partial charge in [0.05, 0.1) is 0 Å². The summed E-state index contributed by atoms with van der Waals surface area (Å²) in [6, 6.07) is 5.64. The Kier molecular flexibility index (Phi) is 7.34. The van der Waals surface area contributed by atoms with Gasteiger partial charge in [-0.3, -0.25) is 0 Å². The SMILES string of the molecule is CC(C)(CNC(=O)Nc1ccc2c(c1)CNCCO2)C1CC1.O=C(O)C(F)(F)F. The van der Waals surface area contributed by atoms with Gasteiger partial charge in [-0.2, -0.15) is 13.2 Å². The lowest BCUT2D eigenvalue weighted by molar-refractivity contribution is -0.192. The predicted octanol–water partition coefficient (Wildman–Crippen LogP) is 3.36. The molecular weight excluding hydrogens is 391 g/mol. The first-order valence-corrected chi connectivity index (χ1v) is 9.30. The zero-order valence-electron chi connectivity index (χ0n) is 16.4. The molecule has 1 heterocycles. The topological polar surface area (TPSA) is 99.7 Å². The number of rotatable bonds is 4. The van der Waals surface area contributed by atoms with Crippen LogP contribution in [0.25, 0.3) is 0 Å². The molecule has 1 saturated carbocycles. The van der Waals surface area contributed by atoms with Gasteiger partial charge in [0.25, 0.3) is 0 Å². The van der Waals surface area contributed by atoms with Crippen molar-refractivity contribution >= 4 is 17.7 Å². The van der Waals surface area contributed by atoms with Crippen LogP contribution in [0.1, 0.15) is 32.3 Å². The summed E-state index contributed by atoms with van der Waals surface area (Å²) in [6.07, 6.45) is -2.51. The maximum absolute atomic E-state index is 12.1. The highest BCUT2D eigenvalue weighted by atomic mass is 19.4. The van der Waals surface area contributed by atoms with E-state index in [1.54, 1.807) is 0 Å². The molecule has 7 nitrogen and oxygen atoms in total. The number of carbonyl (C=O) groups is 2. The van der Waals surface area contributed by atoms with Crippen molar-refractivity contribution in [1.29, 1.82) is 0 Å². The van der Waals surface area contributed by atoms with Crippen LogP contribution in [0.5, 0.6) is 5.75 Å². The molecule has 3 rings (SSSR count). The second-order valence-electron chi connectivity index (χ2n) is 7.72. The van der Waals surface area contributed by atoms with Crippen molar-refractivity contribution in [3.63, 3.8) is 0 Å². The molecule has 10 heteroatoms. The van der Waals surface area contributed by atoms with Gasteiger partial charge < -0.3 is 25.8 Å². The van der Waals surface area contributed by atoms with Crippen molar-refractivity contribution in [2.45, 2.75) is 39.4 Å². The molecule has 1 fully saturated rings. The van der Waals surface area contributed by atoms with E-state index in [0.717, 1.165) is 36.0 Å². The van der Waals surface area contributed by atoms with Gasteiger partial charge in [-0.05, 0) is 42.4 Å². The molecule has 29 heavy (non-hydrogen) atoms. The van der Waals surface area contributed by atoms with Gasteiger partial charge in [0.1, 0.15) is 12.4 Å². The zero-order chi connectivity index (χ0) is 21.7. The van der Waals surface area contributed by atoms with Gasteiger partial charge in [0.2, 0.25) is 0 Å². The Labute approximate surface area is 167 Å². The van der Waals surface area contributed by atoms with E-state index < -0.39 is 12.1 Å². The molecule has 0 bridgehead atoms. The lowest BCUT2D eigenvalue weighted by atomic mass is 9.87. The maximum Gasteiger partial charge on any atom is 0.490 e. The number of anilines is 1. The van der Waals surface area contributed by atoms with Crippen LogP contribution >= 0.6 is 0 Å².